The van der Waals surface area contributed by atoms with Crippen molar-refractivity contribution in [1.29, 1.82) is 0 Å². The zero-order valence-electron chi connectivity index (χ0n) is 10.3. The fourth-order valence-corrected chi connectivity index (χ4v) is 1.76. The van der Waals surface area contributed by atoms with Crippen LogP contribution in [0.1, 0.15) is 37.9 Å². The number of hydrogen-bond donors (Lipinski definition) is 1. The molecule has 104 valence electrons. The highest BCUT2D eigenvalue weighted by atomic mass is 19.4. The summed E-state index contributed by atoms with van der Waals surface area (Å²) in [5.41, 5.74) is 5.47. The zero-order valence-corrected chi connectivity index (χ0v) is 10.3. The summed E-state index contributed by atoms with van der Waals surface area (Å²) in [5, 5.41) is 3.32. The number of alkyl halides is 3. The molecule has 1 aromatic rings. The van der Waals surface area contributed by atoms with Gasteiger partial charge in [0, 0.05) is 6.42 Å². The largest absolute Gasteiger partial charge is 0.396 e. The first-order chi connectivity index (χ1) is 8.44. The van der Waals surface area contributed by atoms with Crippen LogP contribution in [-0.2, 0) is 12.8 Å². The maximum Gasteiger partial charge on any atom is 0.396 e. The van der Waals surface area contributed by atoms with Crippen molar-refractivity contribution in [1.82, 2.24) is 10.1 Å². The van der Waals surface area contributed by atoms with Crippen LogP contribution in [0, 0.1) is 5.92 Å². The number of nitrogens with zero attached hydrogens (tertiary/aromatic N) is 2. The van der Waals surface area contributed by atoms with Gasteiger partial charge < -0.3 is 10.3 Å². The van der Waals surface area contributed by atoms with Crippen molar-refractivity contribution in [2.75, 3.05) is 6.54 Å². The van der Waals surface area contributed by atoms with Crippen molar-refractivity contribution < 1.29 is 17.7 Å². The minimum Gasteiger partial charge on any atom is -0.339 e. The Labute approximate surface area is 104 Å². The molecule has 1 rings (SSSR count). The summed E-state index contributed by atoms with van der Waals surface area (Å²) in [7, 11) is 0. The third-order valence-electron chi connectivity index (χ3n) is 2.79. The smallest absolute Gasteiger partial charge is 0.339 e. The number of rotatable bonds is 7. The molecule has 0 bridgehead atoms. The third kappa shape index (κ3) is 5.48. The van der Waals surface area contributed by atoms with Gasteiger partial charge in [0.25, 0.3) is 0 Å². The van der Waals surface area contributed by atoms with E-state index in [0.29, 0.717) is 18.9 Å². The van der Waals surface area contributed by atoms with Crippen LogP contribution in [0.2, 0.25) is 0 Å². The van der Waals surface area contributed by atoms with Crippen LogP contribution in [0.3, 0.4) is 0 Å². The van der Waals surface area contributed by atoms with E-state index in [1.165, 1.54) is 0 Å². The molecule has 1 heterocycles. The Balaban J connectivity index is 2.44. The van der Waals surface area contributed by atoms with Crippen molar-refractivity contribution in [2.45, 2.75) is 45.2 Å². The van der Waals surface area contributed by atoms with Gasteiger partial charge in [0.1, 0.15) is 6.42 Å². The summed E-state index contributed by atoms with van der Waals surface area (Å²) in [4.78, 5) is 3.73. The second-order valence-corrected chi connectivity index (χ2v) is 4.29. The van der Waals surface area contributed by atoms with Crippen molar-refractivity contribution in [3.05, 3.63) is 11.7 Å². The van der Waals surface area contributed by atoms with E-state index in [4.69, 9.17) is 10.3 Å². The van der Waals surface area contributed by atoms with Crippen molar-refractivity contribution in [3.63, 3.8) is 0 Å². The molecule has 0 fully saturated rings. The molecule has 0 saturated carbocycles. The molecular weight excluding hydrogens is 247 g/mol. The summed E-state index contributed by atoms with van der Waals surface area (Å²) in [5.74, 6) is 0.419. The van der Waals surface area contributed by atoms with Crippen LogP contribution in [-0.4, -0.2) is 22.9 Å². The van der Waals surface area contributed by atoms with E-state index in [0.717, 1.165) is 19.3 Å². The second-order valence-electron chi connectivity index (χ2n) is 4.29. The molecule has 1 unspecified atom stereocenters. The maximum atomic E-state index is 12.1. The monoisotopic (exact) mass is 265 g/mol. The van der Waals surface area contributed by atoms with E-state index >= 15 is 0 Å². The van der Waals surface area contributed by atoms with Gasteiger partial charge in [0.05, 0.1) is 0 Å². The Morgan fingerprint density at radius 3 is 2.61 bits per heavy atom. The molecule has 0 radical (unpaired) electrons. The summed E-state index contributed by atoms with van der Waals surface area (Å²) in [6.07, 6.45) is -2.24. The Kier molecular flexibility index (Phi) is 5.58. The lowest BCUT2D eigenvalue weighted by atomic mass is 9.97. The van der Waals surface area contributed by atoms with Gasteiger partial charge in [-0.2, -0.15) is 18.2 Å². The summed E-state index contributed by atoms with van der Waals surface area (Å²) in [6, 6.07) is 0. The van der Waals surface area contributed by atoms with Gasteiger partial charge in [-0.3, -0.25) is 0 Å². The predicted octanol–water partition coefficient (Wildman–Crippen LogP) is 2.48. The molecule has 0 aliphatic heterocycles. The van der Waals surface area contributed by atoms with E-state index in [1.807, 2.05) is 0 Å². The SMILES string of the molecule is CCC(CCN)CCc1nc(CC(F)(F)F)no1. The fourth-order valence-electron chi connectivity index (χ4n) is 1.76. The Morgan fingerprint density at radius 2 is 2.06 bits per heavy atom. The molecular formula is C11H18F3N3O. The molecule has 2 N–H and O–H groups in total. The van der Waals surface area contributed by atoms with Gasteiger partial charge in [-0.05, 0) is 25.3 Å². The average molecular weight is 265 g/mol. The highest BCUT2D eigenvalue weighted by Gasteiger charge is 2.30. The molecule has 0 spiro atoms. The minimum atomic E-state index is -4.30. The number of halogens is 3. The van der Waals surface area contributed by atoms with Crippen LogP contribution < -0.4 is 5.73 Å². The standard InChI is InChI=1S/C11H18F3N3O/c1-2-8(5-6-15)3-4-10-16-9(17-18-10)7-11(12,13)14/h8H,2-7,15H2,1H3. The zero-order chi connectivity index (χ0) is 13.6. The van der Waals surface area contributed by atoms with E-state index in [9.17, 15) is 13.2 Å². The van der Waals surface area contributed by atoms with E-state index < -0.39 is 12.6 Å². The average Bonchev–Trinajstić information content (AvgIpc) is 2.69. The van der Waals surface area contributed by atoms with Crippen molar-refractivity contribution >= 4 is 0 Å². The van der Waals surface area contributed by atoms with E-state index in [-0.39, 0.29) is 11.7 Å². The molecule has 1 atom stereocenters. The third-order valence-corrected chi connectivity index (χ3v) is 2.79. The van der Waals surface area contributed by atoms with Gasteiger partial charge in [-0.15, -0.1) is 0 Å². The number of aryl methyl sites for hydroxylation is 1. The molecule has 0 saturated heterocycles. The van der Waals surface area contributed by atoms with Crippen LogP contribution in [0.4, 0.5) is 13.2 Å². The van der Waals surface area contributed by atoms with Crippen LogP contribution >= 0.6 is 0 Å². The first kappa shape index (κ1) is 14.9. The Bertz CT molecular complexity index is 352. The van der Waals surface area contributed by atoms with Gasteiger partial charge in [-0.25, -0.2) is 0 Å². The quantitative estimate of drug-likeness (QED) is 0.822. The molecule has 1 aromatic heterocycles. The highest BCUT2D eigenvalue weighted by Crippen LogP contribution is 2.20. The maximum absolute atomic E-state index is 12.1. The van der Waals surface area contributed by atoms with Crippen molar-refractivity contribution in [3.8, 4) is 0 Å². The lowest BCUT2D eigenvalue weighted by Gasteiger charge is -2.11. The molecule has 4 nitrogen and oxygen atoms in total. The summed E-state index contributed by atoms with van der Waals surface area (Å²) in [6.45, 7) is 2.67. The van der Waals surface area contributed by atoms with Gasteiger partial charge in [0.2, 0.25) is 5.89 Å². The van der Waals surface area contributed by atoms with Gasteiger partial charge in [0.15, 0.2) is 5.82 Å². The van der Waals surface area contributed by atoms with Crippen LogP contribution in [0.25, 0.3) is 0 Å². The molecule has 0 aliphatic rings. The number of hydrogen-bond acceptors (Lipinski definition) is 4. The Morgan fingerprint density at radius 1 is 1.33 bits per heavy atom. The molecule has 0 aliphatic carbocycles. The molecule has 0 aromatic carbocycles. The van der Waals surface area contributed by atoms with E-state index in [1.54, 1.807) is 0 Å². The summed E-state index contributed by atoms with van der Waals surface area (Å²) < 4.78 is 41.0. The molecule has 7 heteroatoms. The van der Waals surface area contributed by atoms with Crippen molar-refractivity contribution in [2.24, 2.45) is 11.7 Å². The van der Waals surface area contributed by atoms with Gasteiger partial charge in [-0.1, -0.05) is 18.5 Å². The number of aromatic nitrogens is 2. The van der Waals surface area contributed by atoms with Crippen LogP contribution in [0.15, 0.2) is 4.52 Å². The number of nitrogens with two attached hydrogens (primary N) is 1. The lowest BCUT2D eigenvalue weighted by molar-refractivity contribution is -0.128. The second kappa shape index (κ2) is 6.72. The Hall–Kier alpha value is -1.11. The first-order valence-electron chi connectivity index (χ1n) is 6.03. The van der Waals surface area contributed by atoms with E-state index in [2.05, 4.69) is 17.1 Å². The first-order valence-corrected chi connectivity index (χ1v) is 6.03. The van der Waals surface area contributed by atoms with Gasteiger partial charge >= 0.3 is 6.18 Å². The predicted molar refractivity (Wildman–Crippen MR) is 59.8 cm³/mol. The van der Waals surface area contributed by atoms with Crippen LogP contribution in [0.5, 0.6) is 0 Å². The fraction of sp³-hybridized carbons (Fsp3) is 0.818. The topological polar surface area (TPSA) is 64.9 Å². The normalized spacial score (nSPS) is 13.8. The molecule has 18 heavy (non-hydrogen) atoms. The lowest BCUT2D eigenvalue weighted by Crippen LogP contribution is -2.12. The minimum absolute atomic E-state index is 0.268. The summed E-state index contributed by atoms with van der Waals surface area (Å²) >= 11 is 0. The molecule has 0 amide bonds. The highest BCUT2D eigenvalue weighted by molar-refractivity contribution is 4.89.